The number of aliphatic carboxylic acids is 1. The van der Waals surface area contributed by atoms with Gasteiger partial charge in [-0.3, -0.25) is 9.59 Å². The molecule has 2 aliphatic heterocycles. The number of hydrogen-bond donors (Lipinski definition) is 3. The van der Waals surface area contributed by atoms with Crippen molar-refractivity contribution >= 4 is 39.6 Å². The highest BCUT2D eigenvalue weighted by atomic mass is 32.2. The van der Waals surface area contributed by atoms with Gasteiger partial charge in [0.2, 0.25) is 21.8 Å². The maximum atomic E-state index is 13.3. The highest BCUT2D eigenvalue weighted by molar-refractivity contribution is 7.98. The molecule has 1 aromatic rings. The van der Waals surface area contributed by atoms with E-state index in [0.717, 1.165) is 5.56 Å². The molecule has 3 N–H and O–H groups in total. The van der Waals surface area contributed by atoms with Crippen LogP contribution >= 0.6 is 11.8 Å². The number of sulfonamides is 1. The molecule has 2 fully saturated rings. The lowest BCUT2D eigenvalue weighted by Crippen LogP contribution is -2.52. The lowest BCUT2D eigenvalue weighted by atomic mass is 9.94. The number of carbonyl (C=O) groups excluding carboxylic acids is 2. The quantitative estimate of drug-likeness (QED) is 0.425. The van der Waals surface area contributed by atoms with Crippen molar-refractivity contribution in [3.8, 4) is 0 Å². The number of nitrogens with one attached hydrogen (secondary N) is 1. The summed E-state index contributed by atoms with van der Waals surface area (Å²) in [6, 6.07) is 4.44. The van der Waals surface area contributed by atoms with Gasteiger partial charge >= 0.3 is 5.97 Å². The monoisotopic (exact) mass is 527 g/mol. The van der Waals surface area contributed by atoms with Crippen molar-refractivity contribution < 1.29 is 33.0 Å². The third-order valence-electron chi connectivity index (χ3n) is 6.54. The van der Waals surface area contributed by atoms with Gasteiger partial charge in [-0.25, -0.2) is 13.2 Å². The van der Waals surface area contributed by atoms with Crippen LogP contribution in [-0.2, 0) is 24.4 Å². The Labute approximate surface area is 210 Å². The van der Waals surface area contributed by atoms with Crippen LogP contribution in [0.3, 0.4) is 0 Å². The van der Waals surface area contributed by atoms with Crippen molar-refractivity contribution in [1.82, 2.24) is 14.5 Å². The Hall–Kier alpha value is -2.15. The van der Waals surface area contributed by atoms with Gasteiger partial charge in [-0.05, 0) is 50.3 Å². The fourth-order valence-electron chi connectivity index (χ4n) is 4.53. The number of thioether (sulfide) groups is 1. The number of carboxylic acids is 1. The molecule has 0 saturated carbocycles. The molecule has 0 radical (unpaired) electrons. The standard InChI is InChI=1S/C23H33N3O7S2/c1-15-3-5-18(6-4-15)35(32,33)24-19(9-12-34-2)22(29)25-10-7-16(8-11-25)21(28)26-14-17(27)13-20(26)23(30)31/h3-6,16-17,19-20,24,27H,7-14H2,1-2H3,(H,30,31)/t17-,19+,20+/m1/s1. The van der Waals surface area contributed by atoms with E-state index in [4.69, 9.17) is 0 Å². The van der Waals surface area contributed by atoms with Crippen LogP contribution in [0.5, 0.6) is 0 Å². The van der Waals surface area contributed by atoms with Crippen LogP contribution in [-0.4, -0.2) is 96.0 Å². The predicted molar refractivity (Wildman–Crippen MR) is 131 cm³/mol. The van der Waals surface area contributed by atoms with E-state index in [1.54, 1.807) is 17.0 Å². The summed E-state index contributed by atoms with van der Waals surface area (Å²) in [4.78, 5) is 40.6. The second-order valence-corrected chi connectivity index (χ2v) is 11.8. The minimum absolute atomic E-state index is 0.00745. The molecule has 12 heteroatoms. The molecule has 3 rings (SSSR count). The Morgan fingerprint density at radius 3 is 2.37 bits per heavy atom. The number of β-amino-alcohol motifs (C(OH)–C–C–N with tert-alkyl or cyclic N) is 1. The summed E-state index contributed by atoms with van der Waals surface area (Å²) in [5.41, 5.74) is 0.925. The lowest BCUT2D eigenvalue weighted by Gasteiger charge is -2.35. The van der Waals surface area contributed by atoms with Crippen LogP contribution in [0.15, 0.2) is 29.2 Å². The lowest BCUT2D eigenvalue weighted by molar-refractivity contribution is -0.151. The topological polar surface area (TPSA) is 144 Å². The first-order valence-corrected chi connectivity index (χ1v) is 14.5. The fraction of sp³-hybridized carbons (Fsp3) is 0.609. The molecule has 3 atom stereocenters. The van der Waals surface area contributed by atoms with Crippen molar-refractivity contribution in [1.29, 1.82) is 0 Å². The minimum atomic E-state index is -3.89. The van der Waals surface area contributed by atoms with Crippen molar-refractivity contribution in [2.24, 2.45) is 5.92 Å². The number of aryl methyl sites for hydroxylation is 1. The molecular formula is C23H33N3O7S2. The Balaban J connectivity index is 1.64. The van der Waals surface area contributed by atoms with E-state index < -0.39 is 40.1 Å². The number of aliphatic hydroxyl groups is 1. The van der Waals surface area contributed by atoms with E-state index in [9.17, 15) is 33.0 Å². The number of benzene rings is 1. The van der Waals surface area contributed by atoms with Gasteiger partial charge in [0.05, 0.1) is 11.0 Å². The van der Waals surface area contributed by atoms with E-state index in [-0.39, 0.29) is 42.8 Å². The normalized spacial score (nSPS) is 22.3. The van der Waals surface area contributed by atoms with Crippen molar-refractivity contribution in [3.05, 3.63) is 29.8 Å². The molecule has 1 aromatic carbocycles. The maximum absolute atomic E-state index is 13.3. The zero-order valence-electron chi connectivity index (χ0n) is 19.9. The third-order valence-corrected chi connectivity index (χ3v) is 8.67. The van der Waals surface area contributed by atoms with E-state index in [2.05, 4.69) is 4.72 Å². The summed E-state index contributed by atoms with van der Waals surface area (Å²) in [5, 5.41) is 19.2. The van der Waals surface area contributed by atoms with E-state index in [1.165, 1.54) is 28.8 Å². The second-order valence-electron chi connectivity index (χ2n) is 9.10. The third kappa shape index (κ3) is 6.75. The molecule has 2 saturated heterocycles. The van der Waals surface area contributed by atoms with Gasteiger partial charge in [0.25, 0.3) is 0 Å². The average molecular weight is 528 g/mol. The van der Waals surface area contributed by atoms with Crippen molar-refractivity contribution in [2.75, 3.05) is 31.6 Å². The molecule has 10 nitrogen and oxygen atoms in total. The molecule has 35 heavy (non-hydrogen) atoms. The summed E-state index contributed by atoms with van der Waals surface area (Å²) in [6.07, 6.45) is 2.06. The SMILES string of the molecule is CSCC[C@H](NS(=O)(=O)c1ccc(C)cc1)C(=O)N1CCC(C(=O)N2C[C@H](O)C[C@H]2C(=O)O)CC1. The molecular weight excluding hydrogens is 494 g/mol. The van der Waals surface area contributed by atoms with Crippen LogP contribution in [0.2, 0.25) is 0 Å². The molecule has 0 aliphatic carbocycles. The maximum Gasteiger partial charge on any atom is 0.326 e. The number of amides is 2. The summed E-state index contributed by atoms with van der Waals surface area (Å²) in [6.45, 7) is 2.39. The fourth-order valence-corrected chi connectivity index (χ4v) is 6.23. The number of carboxylic acid groups (broad SMARTS) is 1. The molecule has 2 heterocycles. The zero-order valence-corrected chi connectivity index (χ0v) is 21.6. The number of carbonyl (C=O) groups is 3. The van der Waals surface area contributed by atoms with Crippen LogP contribution in [0, 0.1) is 12.8 Å². The van der Waals surface area contributed by atoms with Gasteiger partial charge in [-0.2, -0.15) is 16.5 Å². The molecule has 0 spiro atoms. The summed E-state index contributed by atoms with van der Waals surface area (Å²) < 4.78 is 28.4. The van der Waals surface area contributed by atoms with Gasteiger partial charge in [0.15, 0.2) is 0 Å². The Bertz CT molecular complexity index is 1020. The van der Waals surface area contributed by atoms with Crippen molar-refractivity contribution in [2.45, 2.75) is 55.7 Å². The summed E-state index contributed by atoms with van der Waals surface area (Å²) >= 11 is 1.51. The predicted octanol–water partition coefficient (Wildman–Crippen LogP) is 0.680. The van der Waals surface area contributed by atoms with E-state index in [1.807, 2.05) is 13.2 Å². The molecule has 2 amide bonds. The first-order valence-electron chi connectivity index (χ1n) is 11.6. The highest BCUT2D eigenvalue weighted by Crippen LogP contribution is 2.26. The van der Waals surface area contributed by atoms with E-state index in [0.29, 0.717) is 25.0 Å². The largest absolute Gasteiger partial charge is 0.480 e. The molecule has 0 bridgehead atoms. The number of rotatable bonds is 9. The molecule has 0 unspecified atom stereocenters. The average Bonchev–Trinajstić information content (AvgIpc) is 3.23. The number of likely N-dealkylation sites (tertiary alicyclic amines) is 2. The Morgan fingerprint density at radius 2 is 1.80 bits per heavy atom. The van der Waals surface area contributed by atoms with E-state index >= 15 is 0 Å². The number of hydrogen-bond acceptors (Lipinski definition) is 7. The molecule has 2 aliphatic rings. The first kappa shape index (κ1) is 27.4. The number of nitrogens with zero attached hydrogens (tertiary/aromatic N) is 2. The van der Waals surface area contributed by atoms with Gasteiger partial charge < -0.3 is 20.0 Å². The van der Waals surface area contributed by atoms with Crippen LogP contribution in [0.1, 0.15) is 31.2 Å². The summed E-state index contributed by atoms with van der Waals surface area (Å²) in [7, 11) is -3.89. The van der Waals surface area contributed by atoms with Gasteiger partial charge in [0.1, 0.15) is 12.1 Å². The highest BCUT2D eigenvalue weighted by Gasteiger charge is 2.42. The van der Waals surface area contributed by atoms with Crippen LogP contribution < -0.4 is 4.72 Å². The smallest absolute Gasteiger partial charge is 0.326 e. The van der Waals surface area contributed by atoms with Gasteiger partial charge in [0, 0.05) is 32.0 Å². The number of piperidine rings is 1. The first-order chi connectivity index (χ1) is 16.5. The molecule has 0 aromatic heterocycles. The van der Waals surface area contributed by atoms with Gasteiger partial charge in [-0.15, -0.1) is 0 Å². The second kappa shape index (κ2) is 11.7. The van der Waals surface area contributed by atoms with Gasteiger partial charge in [-0.1, -0.05) is 17.7 Å². The summed E-state index contributed by atoms with van der Waals surface area (Å²) in [5.74, 6) is -1.64. The van der Waals surface area contributed by atoms with Crippen LogP contribution in [0.25, 0.3) is 0 Å². The minimum Gasteiger partial charge on any atom is -0.480 e. The van der Waals surface area contributed by atoms with Crippen LogP contribution in [0.4, 0.5) is 0 Å². The van der Waals surface area contributed by atoms with Crippen molar-refractivity contribution in [3.63, 3.8) is 0 Å². The molecule has 194 valence electrons. The zero-order chi connectivity index (χ0) is 25.8. The Kier molecular flexibility index (Phi) is 9.19. The Morgan fingerprint density at radius 1 is 1.17 bits per heavy atom. The number of aliphatic hydroxyl groups excluding tert-OH is 1.